The second kappa shape index (κ2) is 3.95. The van der Waals surface area contributed by atoms with Crippen LogP contribution in [0.3, 0.4) is 0 Å². The van der Waals surface area contributed by atoms with Crippen molar-refractivity contribution in [3.05, 3.63) is 0 Å². The molecule has 6 heteroatoms. The van der Waals surface area contributed by atoms with E-state index in [4.69, 9.17) is 4.74 Å². The summed E-state index contributed by atoms with van der Waals surface area (Å²) in [6.45, 7) is 0.722. The smallest absolute Gasteiger partial charge is 0.379 e. The SMILES string of the molecule is O=C(NC1CCCOC1)C(F)(F)F. The monoisotopic (exact) mass is 197 g/mol. The molecule has 0 radical (unpaired) electrons. The Labute approximate surface area is 73.2 Å². The summed E-state index contributed by atoms with van der Waals surface area (Å²) in [5.74, 6) is -1.89. The predicted molar refractivity (Wildman–Crippen MR) is 38.0 cm³/mol. The molecule has 0 saturated carbocycles. The van der Waals surface area contributed by atoms with Gasteiger partial charge in [0.05, 0.1) is 12.6 Å². The minimum absolute atomic E-state index is 0.168. The maximum absolute atomic E-state index is 11.8. The topological polar surface area (TPSA) is 38.3 Å². The summed E-state index contributed by atoms with van der Waals surface area (Å²) < 4.78 is 40.2. The van der Waals surface area contributed by atoms with E-state index in [1.807, 2.05) is 5.32 Å². The Kier molecular flexibility index (Phi) is 3.13. The van der Waals surface area contributed by atoms with Crippen LogP contribution < -0.4 is 5.32 Å². The van der Waals surface area contributed by atoms with E-state index in [1.54, 1.807) is 0 Å². The highest BCUT2D eigenvalue weighted by molar-refractivity contribution is 5.81. The van der Waals surface area contributed by atoms with Crippen molar-refractivity contribution in [3.63, 3.8) is 0 Å². The number of hydrogen-bond donors (Lipinski definition) is 1. The molecule has 1 rings (SSSR count). The molecule has 0 aromatic heterocycles. The molecule has 0 aromatic carbocycles. The number of amides is 1. The van der Waals surface area contributed by atoms with Crippen molar-refractivity contribution in [2.75, 3.05) is 13.2 Å². The number of halogens is 3. The summed E-state index contributed by atoms with van der Waals surface area (Å²) in [4.78, 5) is 10.4. The fourth-order valence-electron chi connectivity index (χ4n) is 1.12. The molecule has 1 fully saturated rings. The summed E-state index contributed by atoms with van der Waals surface area (Å²) in [5, 5.41) is 1.87. The van der Waals surface area contributed by atoms with Gasteiger partial charge >= 0.3 is 12.1 Å². The predicted octanol–water partition coefficient (Wildman–Crippen LogP) is 0.844. The van der Waals surface area contributed by atoms with Crippen molar-refractivity contribution >= 4 is 5.91 Å². The van der Waals surface area contributed by atoms with E-state index in [1.165, 1.54) is 0 Å². The van der Waals surface area contributed by atoms with E-state index in [2.05, 4.69) is 0 Å². The first-order valence-corrected chi connectivity index (χ1v) is 3.95. The zero-order valence-corrected chi connectivity index (χ0v) is 6.86. The van der Waals surface area contributed by atoms with Gasteiger partial charge in [0.2, 0.25) is 0 Å². The van der Waals surface area contributed by atoms with Gasteiger partial charge in [0.1, 0.15) is 0 Å². The number of hydrogen-bond acceptors (Lipinski definition) is 2. The van der Waals surface area contributed by atoms with E-state index < -0.39 is 18.1 Å². The van der Waals surface area contributed by atoms with Crippen LogP contribution in [0.2, 0.25) is 0 Å². The molecule has 3 nitrogen and oxygen atoms in total. The van der Waals surface area contributed by atoms with E-state index in [0.717, 1.165) is 0 Å². The van der Waals surface area contributed by atoms with Crippen LogP contribution >= 0.6 is 0 Å². The summed E-state index contributed by atoms with van der Waals surface area (Å²) in [6, 6.07) is -0.497. The van der Waals surface area contributed by atoms with Crippen LogP contribution in [0.1, 0.15) is 12.8 Å². The number of carbonyl (C=O) groups excluding carboxylic acids is 1. The quantitative estimate of drug-likeness (QED) is 0.676. The third kappa shape index (κ3) is 3.22. The number of rotatable bonds is 1. The van der Waals surface area contributed by atoms with Crippen molar-refractivity contribution < 1.29 is 22.7 Å². The third-order valence-corrected chi connectivity index (χ3v) is 1.75. The molecule has 1 saturated heterocycles. The Morgan fingerprint density at radius 1 is 1.46 bits per heavy atom. The lowest BCUT2D eigenvalue weighted by Crippen LogP contribution is -2.46. The van der Waals surface area contributed by atoms with Crippen molar-refractivity contribution in [3.8, 4) is 0 Å². The third-order valence-electron chi connectivity index (χ3n) is 1.75. The molecule has 0 bridgehead atoms. The fraction of sp³-hybridized carbons (Fsp3) is 0.857. The molecule has 1 aliphatic heterocycles. The zero-order chi connectivity index (χ0) is 9.90. The summed E-state index contributed by atoms with van der Waals surface area (Å²) in [7, 11) is 0. The van der Waals surface area contributed by atoms with Gasteiger partial charge in [-0.05, 0) is 12.8 Å². The first kappa shape index (κ1) is 10.3. The first-order chi connectivity index (χ1) is 6.00. The van der Waals surface area contributed by atoms with Gasteiger partial charge in [0, 0.05) is 6.61 Å². The highest BCUT2D eigenvalue weighted by Gasteiger charge is 2.39. The minimum Gasteiger partial charge on any atom is -0.379 e. The van der Waals surface area contributed by atoms with Crippen LogP contribution in [-0.4, -0.2) is 31.3 Å². The van der Waals surface area contributed by atoms with E-state index in [0.29, 0.717) is 19.4 Å². The van der Waals surface area contributed by atoms with Crippen molar-refractivity contribution in [2.24, 2.45) is 0 Å². The molecule has 0 spiro atoms. The number of carbonyl (C=O) groups is 1. The molecule has 1 N–H and O–H groups in total. The van der Waals surface area contributed by atoms with Crippen LogP contribution in [0, 0.1) is 0 Å². The van der Waals surface area contributed by atoms with Gasteiger partial charge in [-0.25, -0.2) is 0 Å². The maximum atomic E-state index is 11.8. The summed E-state index contributed by atoms with van der Waals surface area (Å²) in [6.07, 6.45) is -3.57. The van der Waals surface area contributed by atoms with Gasteiger partial charge in [0.25, 0.3) is 0 Å². The van der Waals surface area contributed by atoms with Gasteiger partial charge in [0.15, 0.2) is 0 Å². The van der Waals surface area contributed by atoms with Crippen LogP contribution in [0.5, 0.6) is 0 Å². The molecular formula is C7H10F3NO2. The van der Waals surface area contributed by atoms with Gasteiger partial charge in [-0.15, -0.1) is 0 Å². The van der Waals surface area contributed by atoms with E-state index >= 15 is 0 Å². The summed E-state index contributed by atoms with van der Waals surface area (Å²) in [5.41, 5.74) is 0. The highest BCUT2D eigenvalue weighted by atomic mass is 19.4. The molecule has 13 heavy (non-hydrogen) atoms. The normalized spacial score (nSPS) is 24.1. The fourth-order valence-corrected chi connectivity index (χ4v) is 1.12. The van der Waals surface area contributed by atoms with Crippen LogP contribution in [0.4, 0.5) is 13.2 Å². The van der Waals surface area contributed by atoms with E-state index in [-0.39, 0.29) is 6.61 Å². The first-order valence-electron chi connectivity index (χ1n) is 3.95. The molecule has 76 valence electrons. The Morgan fingerprint density at radius 2 is 2.15 bits per heavy atom. The van der Waals surface area contributed by atoms with Gasteiger partial charge in [-0.1, -0.05) is 0 Å². The Bertz CT molecular complexity index is 187. The maximum Gasteiger partial charge on any atom is 0.471 e. The molecule has 1 aliphatic rings. The van der Waals surface area contributed by atoms with Gasteiger partial charge < -0.3 is 10.1 Å². The Hall–Kier alpha value is -0.780. The zero-order valence-electron chi connectivity index (χ0n) is 6.86. The Morgan fingerprint density at radius 3 is 2.62 bits per heavy atom. The van der Waals surface area contributed by atoms with Crippen molar-refractivity contribution in [1.82, 2.24) is 5.32 Å². The molecule has 1 unspecified atom stereocenters. The van der Waals surface area contributed by atoms with Crippen molar-refractivity contribution in [2.45, 2.75) is 25.1 Å². The van der Waals surface area contributed by atoms with E-state index in [9.17, 15) is 18.0 Å². The van der Waals surface area contributed by atoms with Crippen LogP contribution in [0.25, 0.3) is 0 Å². The standard InChI is InChI=1S/C7H10F3NO2/c8-7(9,10)6(12)11-5-2-1-3-13-4-5/h5H,1-4H2,(H,11,12). The number of ether oxygens (including phenoxy) is 1. The van der Waals surface area contributed by atoms with Crippen molar-refractivity contribution in [1.29, 1.82) is 0 Å². The average molecular weight is 197 g/mol. The minimum atomic E-state index is -4.79. The lowest BCUT2D eigenvalue weighted by atomic mass is 10.1. The molecular weight excluding hydrogens is 187 g/mol. The number of alkyl halides is 3. The van der Waals surface area contributed by atoms with Gasteiger partial charge in [-0.3, -0.25) is 4.79 Å². The Balaban J connectivity index is 2.35. The molecule has 0 aliphatic carbocycles. The van der Waals surface area contributed by atoms with Crippen LogP contribution in [-0.2, 0) is 9.53 Å². The highest BCUT2D eigenvalue weighted by Crippen LogP contribution is 2.15. The molecule has 1 atom stereocenters. The number of nitrogens with one attached hydrogen (secondary N) is 1. The average Bonchev–Trinajstić information content (AvgIpc) is 2.04. The largest absolute Gasteiger partial charge is 0.471 e. The van der Waals surface area contributed by atoms with Crippen LogP contribution in [0.15, 0.2) is 0 Å². The molecule has 0 aromatic rings. The molecule has 1 amide bonds. The second-order valence-corrected chi connectivity index (χ2v) is 2.89. The second-order valence-electron chi connectivity index (χ2n) is 2.89. The lowest BCUT2D eigenvalue weighted by molar-refractivity contribution is -0.175. The molecule has 1 heterocycles. The summed E-state index contributed by atoms with van der Waals surface area (Å²) >= 11 is 0. The lowest BCUT2D eigenvalue weighted by Gasteiger charge is -2.23. The van der Waals surface area contributed by atoms with Gasteiger partial charge in [-0.2, -0.15) is 13.2 Å².